The van der Waals surface area contributed by atoms with Crippen molar-refractivity contribution in [3.8, 4) is 0 Å². The largest absolute Gasteiger partial charge is 0.221 e. The molecule has 0 atom stereocenters. The van der Waals surface area contributed by atoms with Gasteiger partial charge < -0.3 is 0 Å². The summed E-state index contributed by atoms with van der Waals surface area (Å²) in [5.41, 5.74) is 1.16. The fraction of sp³-hybridized carbons (Fsp3) is 0.333. The van der Waals surface area contributed by atoms with Gasteiger partial charge in [0.15, 0.2) is 0 Å². The second kappa shape index (κ2) is 3.65. The lowest BCUT2D eigenvalue weighted by Crippen LogP contribution is -1.91. The molecule has 0 fully saturated rings. The lowest BCUT2D eigenvalue weighted by Gasteiger charge is -1.97. The van der Waals surface area contributed by atoms with Gasteiger partial charge in [-0.05, 0) is 19.4 Å². The second-order valence-corrected chi connectivity index (χ2v) is 4.86. The first kappa shape index (κ1) is 10.1. The Hall–Kier alpha value is -0.380. The Labute approximate surface area is 95.9 Å². The van der Waals surface area contributed by atoms with E-state index in [4.69, 9.17) is 23.2 Å². The predicted octanol–water partition coefficient (Wildman–Crippen LogP) is 3.70. The van der Waals surface area contributed by atoms with Gasteiger partial charge in [-0.15, -0.1) is 22.9 Å². The van der Waals surface area contributed by atoms with E-state index in [1.807, 2.05) is 6.92 Å². The molecule has 0 amide bonds. The molecule has 0 bridgehead atoms. The van der Waals surface area contributed by atoms with E-state index < -0.39 is 0 Å². The van der Waals surface area contributed by atoms with E-state index in [0.29, 0.717) is 16.9 Å². The number of aryl methyl sites for hydroxylation is 2. The molecule has 2 aromatic heterocycles. The number of hydrogen-bond acceptors (Lipinski definition) is 3. The first-order valence-electron chi connectivity index (χ1n) is 4.11. The number of fused-ring (bicyclic) bond motifs is 1. The molecule has 0 saturated heterocycles. The SMILES string of the molecule is Cc1sc2nc(CCl)nc(Cl)c2c1C. The van der Waals surface area contributed by atoms with E-state index in [-0.39, 0.29) is 0 Å². The molecule has 0 spiro atoms. The third-order valence-corrected chi connectivity index (χ3v) is 3.76. The Morgan fingerprint density at radius 2 is 2.00 bits per heavy atom. The number of hydrogen-bond donors (Lipinski definition) is 0. The summed E-state index contributed by atoms with van der Waals surface area (Å²) in [6.45, 7) is 4.09. The van der Waals surface area contributed by atoms with E-state index in [0.717, 1.165) is 15.8 Å². The monoisotopic (exact) mass is 246 g/mol. The summed E-state index contributed by atoms with van der Waals surface area (Å²) in [5, 5.41) is 1.47. The van der Waals surface area contributed by atoms with Crippen LogP contribution >= 0.6 is 34.5 Å². The van der Waals surface area contributed by atoms with Crippen molar-refractivity contribution in [3.05, 3.63) is 21.4 Å². The average Bonchev–Trinajstić information content (AvgIpc) is 2.43. The quantitative estimate of drug-likeness (QED) is 0.567. The van der Waals surface area contributed by atoms with E-state index >= 15 is 0 Å². The van der Waals surface area contributed by atoms with Crippen LogP contribution in [0.5, 0.6) is 0 Å². The molecule has 0 aliphatic carbocycles. The highest BCUT2D eigenvalue weighted by molar-refractivity contribution is 7.18. The van der Waals surface area contributed by atoms with E-state index in [1.54, 1.807) is 11.3 Å². The first-order valence-corrected chi connectivity index (χ1v) is 5.84. The zero-order chi connectivity index (χ0) is 10.3. The Morgan fingerprint density at radius 1 is 1.29 bits per heavy atom. The van der Waals surface area contributed by atoms with Crippen molar-refractivity contribution in [3.63, 3.8) is 0 Å². The van der Waals surface area contributed by atoms with Crippen LogP contribution in [0.4, 0.5) is 0 Å². The summed E-state index contributed by atoms with van der Waals surface area (Å²) in [5.74, 6) is 0.886. The van der Waals surface area contributed by atoms with Gasteiger partial charge in [-0.25, -0.2) is 9.97 Å². The smallest absolute Gasteiger partial charge is 0.146 e. The maximum absolute atomic E-state index is 6.06. The van der Waals surface area contributed by atoms with Crippen molar-refractivity contribution < 1.29 is 0 Å². The second-order valence-electron chi connectivity index (χ2n) is 3.03. The van der Waals surface area contributed by atoms with Crippen LogP contribution in [-0.4, -0.2) is 9.97 Å². The average molecular weight is 247 g/mol. The molecule has 14 heavy (non-hydrogen) atoms. The number of thiophene rings is 1. The van der Waals surface area contributed by atoms with E-state index in [1.165, 1.54) is 4.88 Å². The van der Waals surface area contributed by atoms with Crippen LogP contribution in [0, 0.1) is 13.8 Å². The van der Waals surface area contributed by atoms with Crippen LogP contribution in [0.3, 0.4) is 0 Å². The molecule has 74 valence electrons. The van der Waals surface area contributed by atoms with Crippen molar-refractivity contribution in [1.29, 1.82) is 0 Å². The topological polar surface area (TPSA) is 25.8 Å². The number of aromatic nitrogens is 2. The highest BCUT2D eigenvalue weighted by Crippen LogP contribution is 2.32. The van der Waals surface area contributed by atoms with Crippen LogP contribution in [0.2, 0.25) is 5.15 Å². The highest BCUT2D eigenvalue weighted by Gasteiger charge is 2.12. The lowest BCUT2D eigenvalue weighted by molar-refractivity contribution is 1.07. The van der Waals surface area contributed by atoms with Gasteiger partial charge >= 0.3 is 0 Å². The van der Waals surface area contributed by atoms with Crippen LogP contribution in [0.15, 0.2) is 0 Å². The summed E-state index contributed by atoms with van der Waals surface area (Å²) < 4.78 is 0. The van der Waals surface area contributed by atoms with Crippen molar-refractivity contribution in [1.82, 2.24) is 9.97 Å². The van der Waals surface area contributed by atoms with Gasteiger partial charge in [-0.1, -0.05) is 11.6 Å². The van der Waals surface area contributed by atoms with Gasteiger partial charge in [0.25, 0.3) is 0 Å². The molecule has 5 heteroatoms. The van der Waals surface area contributed by atoms with Crippen LogP contribution < -0.4 is 0 Å². The number of nitrogens with zero attached hydrogens (tertiary/aromatic N) is 2. The molecular weight excluding hydrogens is 239 g/mol. The molecule has 2 nitrogen and oxygen atoms in total. The minimum Gasteiger partial charge on any atom is -0.221 e. The zero-order valence-corrected chi connectivity index (χ0v) is 10.1. The Morgan fingerprint density at radius 3 is 2.64 bits per heavy atom. The minimum atomic E-state index is 0.297. The number of halogens is 2. The fourth-order valence-electron chi connectivity index (χ4n) is 1.30. The van der Waals surface area contributed by atoms with Gasteiger partial charge in [0.1, 0.15) is 15.8 Å². The summed E-state index contributed by atoms with van der Waals surface area (Å²) in [7, 11) is 0. The van der Waals surface area contributed by atoms with Crippen molar-refractivity contribution in [2.45, 2.75) is 19.7 Å². The van der Waals surface area contributed by atoms with Gasteiger partial charge in [-0.2, -0.15) is 0 Å². The summed E-state index contributed by atoms with van der Waals surface area (Å²) in [4.78, 5) is 10.6. The standard InChI is InChI=1S/C9H8Cl2N2S/c1-4-5(2)14-9-7(4)8(11)12-6(3-10)13-9/h3H2,1-2H3. The highest BCUT2D eigenvalue weighted by atomic mass is 35.5. The summed E-state index contributed by atoms with van der Waals surface area (Å²) in [6.07, 6.45) is 0. The van der Waals surface area contributed by atoms with Gasteiger partial charge in [0.2, 0.25) is 0 Å². The molecule has 2 heterocycles. The summed E-state index contributed by atoms with van der Waals surface area (Å²) in [6, 6.07) is 0. The Bertz CT molecular complexity index is 493. The maximum Gasteiger partial charge on any atom is 0.146 e. The lowest BCUT2D eigenvalue weighted by atomic mass is 10.2. The molecule has 0 unspecified atom stereocenters. The van der Waals surface area contributed by atoms with Gasteiger partial charge in [0.05, 0.1) is 11.3 Å². The summed E-state index contributed by atoms with van der Waals surface area (Å²) >= 11 is 13.4. The molecule has 0 radical (unpaired) electrons. The third-order valence-electron chi connectivity index (χ3n) is 2.15. The fourth-order valence-corrected chi connectivity index (χ4v) is 2.85. The van der Waals surface area contributed by atoms with Crippen molar-refractivity contribution in [2.75, 3.05) is 0 Å². The zero-order valence-electron chi connectivity index (χ0n) is 7.77. The molecule has 0 aliphatic rings. The number of rotatable bonds is 1. The van der Waals surface area contributed by atoms with E-state index in [9.17, 15) is 0 Å². The normalized spacial score (nSPS) is 11.1. The third kappa shape index (κ3) is 1.49. The van der Waals surface area contributed by atoms with Crippen molar-refractivity contribution >= 4 is 44.8 Å². The maximum atomic E-state index is 6.06. The van der Waals surface area contributed by atoms with Gasteiger partial charge in [-0.3, -0.25) is 0 Å². The molecule has 2 rings (SSSR count). The molecule has 0 N–H and O–H groups in total. The van der Waals surface area contributed by atoms with Crippen LogP contribution in [0.25, 0.3) is 10.2 Å². The van der Waals surface area contributed by atoms with Crippen LogP contribution in [0.1, 0.15) is 16.3 Å². The van der Waals surface area contributed by atoms with E-state index in [2.05, 4.69) is 16.9 Å². The van der Waals surface area contributed by atoms with Gasteiger partial charge in [0, 0.05) is 4.88 Å². The van der Waals surface area contributed by atoms with Crippen LogP contribution in [-0.2, 0) is 5.88 Å². The van der Waals surface area contributed by atoms with Crippen molar-refractivity contribution in [2.24, 2.45) is 0 Å². The Balaban J connectivity index is 2.83. The minimum absolute atomic E-state index is 0.297. The molecule has 0 aromatic carbocycles. The first-order chi connectivity index (χ1) is 6.63. The molecular formula is C9H8Cl2N2S. The molecule has 0 aliphatic heterocycles. The molecule has 2 aromatic rings. The predicted molar refractivity (Wildman–Crippen MR) is 61.5 cm³/mol. The Kier molecular flexibility index (Phi) is 2.64. The number of alkyl halides is 1. The molecule has 0 saturated carbocycles.